The van der Waals surface area contributed by atoms with Crippen LogP contribution in [0.4, 0.5) is 0 Å². The molecule has 1 heterocycles. The van der Waals surface area contributed by atoms with Gasteiger partial charge < -0.3 is 10.5 Å². The van der Waals surface area contributed by atoms with Gasteiger partial charge in [0.1, 0.15) is 0 Å². The van der Waals surface area contributed by atoms with E-state index in [9.17, 15) is 0 Å². The third-order valence-corrected chi connectivity index (χ3v) is 3.32. The van der Waals surface area contributed by atoms with E-state index >= 15 is 0 Å². The van der Waals surface area contributed by atoms with Crippen molar-refractivity contribution < 1.29 is 4.74 Å². The maximum atomic E-state index is 6.36. The van der Waals surface area contributed by atoms with Crippen molar-refractivity contribution in [2.24, 2.45) is 11.7 Å². The van der Waals surface area contributed by atoms with Crippen LogP contribution in [-0.4, -0.2) is 18.2 Å². The minimum absolute atomic E-state index is 0.0100. The van der Waals surface area contributed by atoms with Crippen molar-refractivity contribution >= 4 is 10.9 Å². The monoisotopic (exact) mass is 244 g/mol. The Morgan fingerprint density at radius 2 is 1.94 bits per heavy atom. The Hall–Kier alpha value is -1.45. The van der Waals surface area contributed by atoms with Crippen molar-refractivity contribution in [3.63, 3.8) is 0 Å². The van der Waals surface area contributed by atoms with Crippen LogP contribution in [0, 0.1) is 5.92 Å². The molecule has 2 unspecified atom stereocenters. The number of nitrogens with zero attached hydrogens (tertiary/aromatic N) is 1. The molecule has 2 aromatic rings. The maximum Gasteiger partial charge on any atom is 0.0786 e. The smallest absolute Gasteiger partial charge is 0.0786 e. The topological polar surface area (TPSA) is 48.1 Å². The first-order chi connectivity index (χ1) is 8.65. The fourth-order valence-corrected chi connectivity index (χ4v) is 2.43. The summed E-state index contributed by atoms with van der Waals surface area (Å²) in [5.74, 6) is 0.372. The molecule has 0 saturated carbocycles. The number of rotatable bonds is 4. The Labute approximate surface area is 108 Å². The lowest BCUT2D eigenvalue weighted by molar-refractivity contribution is 0.0441. The maximum absolute atomic E-state index is 6.36. The average Bonchev–Trinajstić information content (AvgIpc) is 2.38. The standard InChI is InChI=1S/C15H20N2O/c1-10(2)15(18-3)14(16)12-6-4-8-13-11(12)7-5-9-17-13/h4-10,14-15H,16H2,1-3H3. The van der Waals surface area contributed by atoms with Crippen LogP contribution in [0.25, 0.3) is 10.9 Å². The average molecular weight is 244 g/mol. The third-order valence-electron chi connectivity index (χ3n) is 3.32. The van der Waals surface area contributed by atoms with E-state index in [0.717, 1.165) is 16.5 Å². The lowest BCUT2D eigenvalue weighted by Gasteiger charge is -2.27. The predicted octanol–water partition coefficient (Wildman–Crippen LogP) is 2.91. The molecular formula is C15H20N2O. The summed E-state index contributed by atoms with van der Waals surface area (Å²) >= 11 is 0. The van der Waals surface area contributed by atoms with E-state index in [4.69, 9.17) is 10.5 Å². The second-order valence-electron chi connectivity index (χ2n) is 4.89. The third kappa shape index (κ3) is 2.37. The van der Waals surface area contributed by atoms with E-state index in [2.05, 4.69) is 31.0 Å². The Balaban J connectivity index is 2.47. The Bertz CT molecular complexity index is 519. The van der Waals surface area contributed by atoms with Crippen LogP contribution in [0.2, 0.25) is 0 Å². The van der Waals surface area contributed by atoms with E-state index in [1.54, 1.807) is 13.3 Å². The minimum Gasteiger partial charge on any atom is -0.379 e. The highest BCUT2D eigenvalue weighted by Crippen LogP contribution is 2.27. The van der Waals surface area contributed by atoms with Crippen molar-refractivity contribution in [1.82, 2.24) is 4.98 Å². The van der Waals surface area contributed by atoms with Gasteiger partial charge in [-0.2, -0.15) is 0 Å². The van der Waals surface area contributed by atoms with Gasteiger partial charge in [0.15, 0.2) is 0 Å². The van der Waals surface area contributed by atoms with Gasteiger partial charge in [0, 0.05) is 18.7 Å². The van der Waals surface area contributed by atoms with Gasteiger partial charge >= 0.3 is 0 Å². The van der Waals surface area contributed by atoms with Crippen molar-refractivity contribution in [2.45, 2.75) is 26.0 Å². The number of methoxy groups -OCH3 is 1. The van der Waals surface area contributed by atoms with Gasteiger partial charge in [0.05, 0.1) is 17.7 Å². The van der Waals surface area contributed by atoms with Crippen LogP contribution in [0.1, 0.15) is 25.5 Å². The summed E-state index contributed by atoms with van der Waals surface area (Å²) in [6.07, 6.45) is 1.81. The lowest BCUT2D eigenvalue weighted by atomic mass is 9.92. The number of hydrogen-bond donors (Lipinski definition) is 1. The van der Waals surface area contributed by atoms with Crippen LogP contribution < -0.4 is 5.73 Å². The van der Waals surface area contributed by atoms with Crippen molar-refractivity contribution in [3.8, 4) is 0 Å². The molecular weight excluding hydrogens is 224 g/mol. The van der Waals surface area contributed by atoms with E-state index in [1.165, 1.54) is 0 Å². The number of pyridine rings is 1. The Morgan fingerprint density at radius 1 is 1.17 bits per heavy atom. The quantitative estimate of drug-likeness (QED) is 0.899. The van der Waals surface area contributed by atoms with Crippen LogP contribution in [0.5, 0.6) is 0 Å². The summed E-state index contributed by atoms with van der Waals surface area (Å²) in [6, 6.07) is 9.92. The first kappa shape index (κ1) is 13.0. The zero-order valence-corrected chi connectivity index (χ0v) is 11.1. The normalized spacial score (nSPS) is 14.9. The molecule has 2 rings (SSSR count). The number of hydrogen-bond acceptors (Lipinski definition) is 3. The summed E-state index contributed by atoms with van der Waals surface area (Å²) in [4.78, 5) is 4.36. The molecule has 0 amide bonds. The number of benzene rings is 1. The van der Waals surface area contributed by atoms with Gasteiger partial charge in [0.2, 0.25) is 0 Å². The number of ether oxygens (including phenoxy) is 1. The van der Waals surface area contributed by atoms with Crippen molar-refractivity contribution in [2.75, 3.05) is 7.11 Å². The molecule has 0 bridgehead atoms. The van der Waals surface area contributed by atoms with Crippen LogP contribution in [-0.2, 0) is 4.74 Å². The van der Waals surface area contributed by atoms with Crippen LogP contribution >= 0.6 is 0 Å². The molecule has 2 atom stereocenters. The Morgan fingerprint density at radius 3 is 2.61 bits per heavy atom. The SMILES string of the molecule is COC(C(C)C)C(N)c1cccc2ncccc12. The summed E-state index contributed by atoms with van der Waals surface area (Å²) < 4.78 is 5.53. The molecule has 1 aromatic carbocycles. The molecule has 0 aliphatic heterocycles. The van der Waals surface area contributed by atoms with Gasteiger partial charge in [0.25, 0.3) is 0 Å². The number of fused-ring (bicyclic) bond motifs is 1. The second-order valence-corrected chi connectivity index (χ2v) is 4.89. The molecule has 0 aliphatic carbocycles. The van der Waals surface area contributed by atoms with Crippen LogP contribution in [0.3, 0.4) is 0 Å². The lowest BCUT2D eigenvalue weighted by Crippen LogP contribution is -2.32. The van der Waals surface area contributed by atoms with Crippen molar-refractivity contribution in [3.05, 3.63) is 42.1 Å². The molecule has 3 heteroatoms. The molecule has 0 saturated heterocycles. The van der Waals surface area contributed by atoms with E-state index in [1.807, 2.05) is 18.2 Å². The molecule has 3 nitrogen and oxygen atoms in total. The predicted molar refractivity (Wildman–Crippen MR) is 74.3 cm³/mol. The zero-order valence-electron chi connectivity index (χ0n) is 11.1. The fraction of sp³-hybridized carbons (Fsp3) is 0.400. The minimum atomic E-state index is -0.136. The van der Waals surface area contributed by atoms with Crippen LogP contribution in [0.15, 0.2) is 36.5 Å². The van der Waals surface area contributed by atoms with Gasteiger partial charge in [-0.1, -0.05) is 32.0 Å². The Kier molecular flexibility index (Phi) is 3.94. The molecule has 0 aliphatic rings. The molecule has 2 N–H and O–H groups in total. The molecule has 96 valence electrons. The summed E-state index contributed by atoms with van der Waals surface area (Å²) in [6.45, 7) is 4.24. The number of aromatic nitrogens is 1. The van der Waals surface area contributed by atoms with Gasteiger partial charge in [-0.25, -0.2) is 0 Å². The largest absolute Gasteiger partial charge is 0.379 e. The highest BCUT2D eigenvalue weighted by molar-refractivity contribution is 5.82. The first-order valence-electron chi connectivity index (χ1n) is 6.27. The molecule has 18 heavy (non-hydrogen) atoms. The van der Waals surface area contributed by atoms with Gasteiger partial charge in [-0.3, -0.25) is 4.98 Å². The van der Waals surface area contributed by atoms with E-state index in [-0.39, 0.29) is 12.1 Å². The number of nitrogens with two attached hydrogens (primary N) is 1. The van der Waals surface area contributed by atoms with Gasteiger partial charge in [-0.15, -0.1) is 0 Å². The zero-order chi connectivity index (χ0) is 13.1. The summed E-state index contributed by atoms with van der Waals surface area (Å²) in [5.41, 5.74) is 8.44. The van der Waals surface area contributed by atoms with Gasteiger partial charge in [-0.05, 0) is 23.6 Å². The summed E-state index contributed by atoms with van der Waals surface area (Å²) in [7, 11) is 1.72. The molecule has 0 fully saturated rings. The highest BCUT2D eigenvalue weighted by Gasteiger charge is 2.23. The van der Waals surface area contributed by atoms with E-state index < -0.39 is 0 Å². The molecule has 0 radical (unpaired) electrons. The summed E-state index contributed by atoms with van der Waals surface area (Å²) in [5, 5.41) is 1.11. The first-order valence-corrected chi connectivity index (χ1v) is 6.27. The van der Waals surface area contributed by atoms with Crippen molar-refractivity contribution in [1.29, 1.82) is 0 Å². The highest BCUT2D eigenvalue weighted by atomic mass is 16.5. The molecule has 1 aromatic heterocycles. The second kappa shape index (κ2) is 5.46. The fourth-order valence-electron chi connectivity index (χ4n) is 2.43. The molecule has 0 spiro atoms. The van der Waals surface area contributed by atoms with E-state index in [0.29, 0.717) is 5.92 Å².